The van der Waals surface area contributed by atoms with E-state index in [1.807, 2.05) is 0 Å². The molecule has 0 spiro atoms. The predicted molar refractivity (Wildman–Crippen MR) is 90.7 cm³/mol. The Balaban J connectivity index is 2.01. The summed E-state index contributed by atoms with van der Waals surface area (Å²) in [5.74, 6) is 0. The second-order valence-electron chi connectivity index (χ2n) is 5.33. The topological polar surface area (TPSA) is 108 Å². The Bertz CT molecular complexity index is 1240. The van der Waals surface area contributed by atoms with Gasteiger partial charge in [0.2, 0.25) is 0 Å². The lowest BCUT2D eigenvalue weighted by molar-refractivity contribution is -0.384. The number of non-ortho nitro benzene ring substituents is 1. The summed E-state index contributed by atoms with van der Waals surface area (Å²) in [4.78, 5) is 18.5. The molecule has 0 aliphatic carbocycles. The minimum Gasteiger partial charge on any atom is -0.264 e. The molecule has 4 rings (SSSR count). The first kappa shape index (κ1) is 15.2. The van der Waals surface area contributed by atoms with Crippen molar-refractivity contribution in [3.05, 3.63) is 71.3 Å². The fourth-order valence-corrected chi connectivity index (χ4v) is 4.21. The molecule has 0 bridgehead atoms. The predicted octanol–water partition coefficient (Wildman–Crippen LogP) is 2.73. The molecular formula is C16H10N4O4S. The van der Waals surface area contributed by atoms with E-state index in [9.17, 15) is 18.5 Å². The molecule has 2 heterocycles. The highest BCUT2D eigenvalue weighted by molar-refractivity contribution is 7.90. The second kappa shape index (κ2) is 5.35. The van der Waals surface area contributed by atoms with Crippen LogP contribution >= 0.6 is 0 Å². The van der Waals surface area contributed by atoms with Gasteiger partial charge < -0.3 is 0 Å². The van der Waals surface area contributed by atoms with Crippen molar-refractivity contribution in [1.29, 1.82) is 0 Å². The van der Waals surface area contributed by atoms with Crippen molar-refractivity contribution in [1.82, 2.24) is 13.9 Å². The van der Waals surface area contributed by atoms with Gasteiger partial charge in [0, 0.05) is 35.3 Å². The Morgan fingerprint density at radius 2 is 1.96 bits per heavy atom. The van der Waals surface area contributed by atoms with E-state index in [0.717, 1.165) is 10.3 Å². The number of hydrogen-bond donors (Lipinski definition) is 0. The zero-order valence-electron chi connectivity index (χ0n) is 12.6. The van der Waals surface area contributed by atoms with Gasteiger partial charge in [0.1, 0.15) is 6.33 Å². The number of nitro groups is 1. The SMILES string of the molecule is O=[N+]([O-])c1ccc2ncn(S(=O)(=O)c3cccc4cnccc34)c2c1. The van der Waals surface area contributed by atoms with Crippen molar-refractivity contribution >= 4 is 37.5 Å². The highest BCUT2D eigenvalue weighted by Crippen LogP contribution is 2.28. The number of benzene rings is 2. The Kier molecular flexibility index (Phi) is 3.25. The average molecular weight is 354 g/mol. The van der Waals surface area contributed by atoms with Crippen LogP contribution in [-0.4, -0.2) is 27.3 Å². The standard InChI is InChI=1S/C16H10N4O4S/c21-20(22)12-4-5-14-15(8-12)19(10-18-14)25(23,24)16-3-1-2-11-9-17-7-6-13(11)16/h1-10H. The lowest BCUT2D eigenvalue weighted by Gasteiger charge is -2.09. The summed E-state index contributed by atoms with van der Waals surface area (Å²) < 4.78 is 27.2. The fourth-order valence-electron chi connectivity index (χ4n) is 2.70. The first-order valence-corrected chi connectivity index (χ1v) is 8.62. The third-order valence-corrected chi connectivity index (χ3v) is 5.61. The van der Waals surface area contributed by atoms with Crippen LogP contribution in [0, 0.1) is 10.1 Å². The normalized spacial score (nSPS) is 11.8. The number of hydrogen-bond acceptors (Lipinski definition) is 6. The monoisotopic (exact) mass is 354 g/mol. The molecule has 0 aliphatic rings. The van der Waals surface area contributed by atoms with Crippen molar-refractivity contribution in [2.75, 3.05) is 0 Å². The molecule has 0 atom stereocenters. The molecule has 9 heteroatoms. The molecule has 0 aliphatic heterocycles. The van der Waals surface area contributed by atoms with Gasteiger partial charge in [-0.1, -0.05) is 12.1 Å². The maximum absolute atomic E-state index is 13.1. The van der Waals surface area contributed by atoms with E-state index in [4.69, 9.17) is 0 Å². The van der Waals surface area contributed by atoms with Crippen LogP contribution < -0.4 is 0 Å². The van der Waals surface area contributed by atoms with E-state index >= 15 is 0 Å². The Hall–Kier alpha value is -3.33. The fraction of sp³-hybridized carbons (Fsp3) is 0. The molecule has 4 aromatic rings. The van der Waals surface area contributed by atoms with Crippen molar-refractivity contribution < 1.29 is 13.3 Å². The summed E-state index contributed by atoms with van der Waals surface area (Å²) in [6, 6.07) is 10.4. The molecule has 2 aromatic heterocycles. The quantitative estimate of drug-likeness (QED) is 0.413. The number of fused-ring (bicyclic) bond motifs is 2. The molecule has 124 valence electrons. The molecule has 0 amide bonds. The highest BCUT2D eigenvalue weighted by atomic mass is 32.2. The van der Waals surface area contributed by atoms with Gasteiger partial charge in [0.15, 0.2) is 0 Å². The molecule has 8 nitrogen and oxygen atoms in total. The smallest absolute Gasteiger partial charge is 0.264 e. The number of imidazole rings is 1. The number of nitrogens with zero attached hydrogens (tertiary/aromatic N) is 4. The summed E-state index contributed by atoms with van der Waals surface area (Å²) in [7, 11) is -3.99. The van der Waals surface area contributed by atoms with Crippen LogP contribution in [0.15, 0.2) is 66.1 Å². The first-order chi connectivity index (χ1) is 12.0. The highest BCUT2D eigenvalue weighted by Gasteiger charge is 2.23. The van der Waals surface area contributed by atoms with Gasteiger partial charge >= 0.3 is 0 Å². The molecule has 25 heavy (non-hydrogen) atoms. The number of rotatable bonds is 3. The molecule has 0 N–H and O–H groups in total. The lowest BCUT2D eigenvalue weighted by Crippen LogP contribution is -2.12. The Morgan fingerprint density at radius 3 is 2.76 bits per heavy atom. The van der Waals surface area contributed by atoms with E-state index in [-0.39, 0.29) is 16.1 Å². The van der Waals surface area contributed by atoms with Gasteiger partial charge in [-0.15, -0.1) is 0 Å². The van der Waals surface area contributed by atoms with Gasteiger partial charge in [0.25, 0.3) is 15.7 Å². The maximum Gasteiger partial charge on any atom is 0.271 e. The van der Waals surface area contributed by atoms with E-state index in [0.29, 0.717) is 16.3 Å². The van der Waals surface area contributed by atoms with E-state index in [1.165, 1.54) is 30.5 Å². The maximum atomic E-state index is 13.1. The molecule has 0 fully saturated rings. The van der Waals surface area contributed by atoms with Crippen LogP contribution in [-0.2, 0) is 10.0 Å². The Morgan fingerprint density at radius 1 is 1.12 bits per heavy atom. The van der Waals surface area contributed by atoms with Crippen LogP contribution in [0.3, 0.4) is 0 Å². The minimum atomic E-state index is -3.99. The Labute approximate surface area is 141 Å². The zero-order chi connectivity index (χ0) is 17.6. The third-order valence-electron chi connectivity index (χ3n) is 3.89. The number of pyridine rings is 1. The van der Waals surface area contributed by atoms with E-state index in [2.05, 4.69) is 9.97 Å². The summed E-state index contributed by atoms with van der Waals surface area (Å²) >= 11 is 0. The lowest BCUT2D eigenvalue weighted by atomic mass is 10.2. The van der Waals surface area contributed by atoms with Gasteiger partial charge in [-0.25, -0.2) is 17.4 Å². The van der Waals surface area contributed by atoms with Crippen LogP contribution in [0.4, 0.5) is 5.69 Å². The second-order valence-corrected chi connectivity index (χ2v) is 7.11. The molecule has 0 radical (unpaired) electrons. The van der Waals surface area contributed by atoms with Gasteiger partial charge in [-0.2, -0.15) is 0 Å². The van der Waals surface area contributed by atoms with Crippen LogP contribution in [0.25, 0.3) is 21.8 Å². The van der Waals surface area contributed by atoms with Crippen molar-refractivity contribution in [2.45, 2.75) is 4.90 Å². The third kappa shape index (κ3) is 2.32. The van der Waals surface area contributed by atoms with Crippen LogP contribution in [0.5, 0.6) is 0 Å². The van der Waals surface area contributed by atoms with Crippen LogP contribution in [0.1, 0.15) is 0 Å². The van der Waals surface area contributed by atoms with Crippen molar-refractivity contribution in [2.24, 2.45) is 0 Å². The van der Waals surface area contributed by atoms with E-state index in [1.54, 1.807) is 24.4 Å². The number of aromatic nitrogens is 3. The number of nitro benzene ring substituents is 1. The van der Waals surface area contributed by atoms with Crippen molar-refractivity contribution in [3.8, 4) is 0 Å². The van der Waals surface area contributed by atoms with Gasteiger partial charge in [-0.05, 0) is 18.2 Å². The van der Waals surface area contributed by atoms with Crippen molar-refractivity contribution in [3.63, 3.8) is 0 Å². The van der Waals surface area contributed by atoms with Crippen LogP contribution in [0.2, 0.25) is 0 Å². The largest absolute Gasteiger partial charge is 0.271 e. The zero-order valence-corrected chi connectivity index (χ0v) is 13.4. The molecule has 2 aromatic carbocycles. The summed E-state index contributed by atoms with van der Waals surface area (Å²) in [5, 5.41) is 12.2. The van der Waals surface area contributed by atoms with E-state index < -0.39 is 14.9 Å². The first-order valence-electron chi connectivity index (χ1n) is 7.18. The minimum absolute atomic E-state index is 0.0817. The summed E-state index contributed by atoms with van der Waals surface area (Å²) in [6.45, 7) is 0. The van der Waals surface area contributed by atoms with Gasteiger partial charge in [0.05, 0.1) is 20.9 Å². The molecule has 0 unspecified atom stereocenters. The molecular weight excluding hydrogens is 344 g/mol. The summed E-state index contributed by atoms with van der Waals surface area (Å²) in [6.07, 6.45) is 4.24. The molecule has 0 saturated carbocycles. The summed E-state index contributed by atoms with van der Waals surface area (Å²) in [5.41, 5.74) is 0.308. The average Bonchev–Trinajstić information content (AvgIpc) is 3.05. The molecule has 0 saturated heterocycles. The van der Waals surface area contributed by atoms with Gasteiger partial charge in [-0.3, -0.25) is 15.1 Å².